The second-order valence-electron chi connectivity index (χ2n) is 8.15. The molecule has 0 atom stereocenters. The number of carboxylic acid groups (broad SMARTS) is 1. The number of aromatic carboxylic acids is 1. The van der Waals surface area contributed by atoms with E-state index in [1.165, 1.54) is 23.1 Å². The fraction of sp³-hybridized carbons (Fsp3) is 0.231. The van der Waals surface area contributed by atoms with Gasteiger partial charge in [-0.3, -0.25) is 4.79 Å². The number of carboxylic acids is 1. The normalized spacial score (nSPS) is 12.2. The lowest BCUT2D eigenvalue weighted by molar-refractivity contribution is -0.121. The summed E-state index contributed by atoms with van der Waals surface area (Å²) in [5.74, 6) is -2.93. The Balaban J connectivity index is 0.000000244. The zero-order valence-corrected chi connectivity index (χ0v) is 21.1. The molecule has 0 fully saturated rings. The van der Waals surface area contributed by atoms with E-state index in [1.54, 1.807) is 19.2 Å². The smallest absolute Gasteiger partial charge is 0.379 e. The molecule has 0 radical (unpaired) electrons. The molecule has 1 heterocycles. The number of amides is 1. The molecule has 1 amide bonds. The quantitative estimate of drug-likeness (QED) is 0.336. The first-order chi connectivity index (χ1) is 17.7. The van der Waals surface area contributed by atoms with Crippen molar-refractivity contribution < 1.29 is 46.5 Å². The van der Waals surface area contributed by atoms with E-state index in [9.17, 15) is 31.5 Å². The van der Waals surface area contributed by atoms with Crippen LogP contribution in [0, 0.1) is 11.6 Å². The number of phenols is 1. The van der Waals surface area contributed by atoms with Crippen molar-refractivity contribution >= 4 is 29.2 Å². The number of likely N-dealkylation sites (N-methyl/N-ethyl adjacent to an activating group) is 1. The SMILES string of the molecule is CC(C)c1ccc(-c2ccc(C(=O)O)c(F)c2)cc1Cl.CN1C(=O)COc2cc(F)c(O)cc21.FC(F)F. The van der Waals surface area contributed by atoms with E-state index < -0.39 is 30.0 Å². The standard InChI is InChI=1S/C16H14ClFO2.C9H8FNO3.CHF3/c1-9(2)12-5-3-10(7-14(12)17)11-4-6-13(16(19)20)15(18)8-11;1-11-6-3-7(12)5(10)2-8(6)14-4-9(11)13;2-1(3)4/h3-9H,1-2H3,(H,19,20);2-3,12H,4H2,1H3;1H. The van der Waals surface area contributed by atoms with Gasteiger partial charge in [0.15, 0.2) is 18.2 Å². The third-order valence-electron chi connectivity index (χ3n) is 5.27. The highest BCUT2D eigenvalue weighted by molar-refractivity contribution is 6.31. The Bertz CT molecular complexity index is 1320. The molecule has 1 aliphatic rings. The molecule has 0 saturated carbocycles. The number of fused-ring (bicyclic) bond motifs is 1. The molecule has 12 heteroatoms. The summed E-state index contributed by atoms with van der Waals surface area (Å²) in [4.78, 5) is 23.3. The minimum atomic E-state index is -3.67. The van der Waals surface area contributed by atoms with E-state index in [0.29, 0.717) is 22.2 Å². The first-order valence-electron chi connectivity index (χ1n) is 10.9. The van der Waals surface area contributed by atoms with Gasteiger partial charge in [0, 0.05) is 24.2 Å². The lowest BCUT2D eigenvalue weighted by atomic mass is 9.98. The fourth-order valence-electron chi connectivity index (χ4n) is 3.32. The largest absolute Gasteiger partial charge is 0.505 e. The maximum absolute atomic E-state index is 13.7. The van der Waals surface area contributed by atoms with E-state index in [4.69, 9.17) is 26.6 Å². The monoisotopic (exact) mass is 559 g/mol. The van der Waals surface area contributed by atoms with E-state index in [1.807, 2.05) is 26.0 Å². The van der Waals surface area contributed by atoms with Gasteiger partial charge in [-0.15, -0.1) is 0 Å². The number of phenolic OH excluding ortho intramolecular Hbond substituents is 1. The van der Waals surface area contributed by atoms with Crippen LogP contribution in [0.2, 0.25) is 5.02 Å². The van der Waals surface area contributed by atoms with Gasteiger partial charge in [-0.25, -0.2) is 13.6 Å². The zero-order chi connectivity index (χ0) is 28.7. The van der Waals surface area contributed by atoms with Crippen LogP contribution < -0.4 is 9.64 Å². The van der Waals surface area contributed by atoms with Crippen LogP contribution in [0.3, 0.4) is 0 Å². The van der Waals surface area contributed by atoms with Crippen molar-refractivity contribution in [1.29, 1.82) is 0 Å². The predicted octanol–water partition coefficient (Wildman–Crippen LogP) is 7.03. The summed E-state index contributed by atoms with van der Waals surface area (Å²) in [6.45, 7) is 0.318. The van der Waals surface area contributed by atoms with Crippen LogP contribution in [-0.4, -0.2) is 42.4 Å². The third-order valence-corrected chi connectivity index (χ3v) is 5.60. The minimum Gasteiger partial charge on any atom is -0.505 e. The van der Waals surface area contributed by atoms with Gasteiger partial charge in [0.1, 0.15) is 11.6 Å². The minimum absolute atomic E-state index is 0.103. The average molecular weight is 560 g/mol. The molecule has 0 aliphatic carbocycles. The van der Waals surface area contributed by atoms with Gasteiger partial charge in [0.25, 0.3) is 5.91 Å². The van der Waals surface area contributed by atoms with E-state index in [-0.39, 0.29) is 23.8 Å². The lowest BCUT2D eigenvalue weighted by Gasteiger charge is -2.25. The Morgan fingerprint density at radius 3 is 2.11 bits per heavy atom. The fourth-order valence-corrected chi connectivity index (χ4v) is 3.72. The summed E-state index contributed by atoms with van der Waals surface area (Å²) in [5, 5.41) is 18.5. The number of alkyl halides is 3. The topological polar surface area (TPSA) is 87.1 Å². The first-order valence-corrected chi connectivity index (χ1v) is 11.3. The summed E-state index contributed by atoms with van der Waals surface area (Å²) < 4.78 is 60.6. The van der Waals surface area contributed by atoms with E-state index in [2.05, 4.69) is 0 Å². The number of ether oxygens (including phenoxy) is 1. The predicted molar refractivity (Wildman–Crippen MR) is 132 cm³/mol. The van der Waals surface area contributed by atoms with Crippen LogP contribution in [0.25, 0.3) is 11.1 Å². The lowest BCUT2D eigenvalue weighted by Crippen LogP contribution is -2.35. The molecule has 0 spiro atoms. The molecule has 1 aliphatic heterocycles. The Hall–Kier alpha value is -3.86. The van der Waals surface area contributed by atoms with Crippen molar-refractivity contribution in [2.75, 3.05) is 18.6 Å². The van der Waals surface area contributed by atoms with Gasteiger partial charge in [0.05, 0.1) is 11.3 Å². The first kappa shape index (κ1) is 30.4. The third kappa shape index (κ3) is 7.82. The molecule has 4 rings (SSSR count). The van der Waals surface area contributed by atoms with Crippen molar-refractivity contribution in [3.05, 3.63) is 76.3 Å². The van der Waals surface area contributed by atoms with Gasteiger partial charge in [-0.05, 0) is 40.8 Å². The second-order valence-corrected chi connectivity index (χ2v) is 8.56. The molecule has 204 valence electrons. The number of carbonyl (C=O) groups is 2. The molecular formula is C26H23ClF5NO5. The van der Waals surface area contributed by atoms with Crippen molar-refractivity contribution in [3.8, 4) is 22.6 Å². The molecule has 6 nitrogen and oxygen atoms in total. The van der Waals surface area contributed by atoms with Crippen LogP contribution in [0.4, 0.5) is 27.6 Å². The average Bonchev–Trinajstić information content (AvgIpc) is 2.82. The number of hydrogen-bond acceptors (Lipinski definition) is 4. The van der Waals surface area contributed by atoms with Crippen LogP contribution >= 0.6 is 11.6 Å². The number of halogens is 6. The van der Waals surface area contributed by atoms with Crippen molar-refractivity contribution in [2.45, 2.75) is 26.4 Å². The molecule has 0 unspecified atom stereocenters. The summed E-state index contributed by atoms with van der Waals surface area (Å²) >= 11 is 6.21. The van der Waals surface area contributed by atoms with E-state index >= 15 is 0 Å². The van der Waals surface area contributed by atoms with Crippen LogP contribution in [0.5, 0.6) is 11.5 Å². The number of nitrogens with zero attached hydrogens (tertiary/aromatic N) is 1. The van der Waals surface area contributed by atoms with Crippen LogP contribution in [-0.2, 0) is 4.79 Å². The molecule has 0 aromatic heterocycles. The number of aromatic hydroxyl groups is 1. The summed E-state index contributed by atoms with van der Waals surface area (Å²) in [7, 11) is 1.54. The van der Waals surface area contributed by atoms with Gasteiger partial charge in [-0.1, -0.05) is 43.6 Å². The molecule has 3 aromatic carbocycles. The molecule has 0 saturated heterocycles. The second kappa shape index (κ2) is 13.1. The van der Waals surface area contributed by atoms with Crippen molar-refractivity contribution in [3.63, 3.8) is 0 Å². The molecule has 2 N–H and O–H groups in total. The number of benzene rings is 3. The zero-order valence-electron chi connectivity index (χ0n) is 20.3. The molecular weight excluding hydrogens is 537 g/mol. The number of carbonyl (C=O) groups excluding carboxylic acids is 1. The maximum Gasteiger partial charge on any atom is 0.379 e. The van der Waals surface area contributed by atoms with Gasteiger partial charge >= 0.3 is 12.6 Å². The van der Waals surface area contributed by atoms with Crippen LogP contribution in [0.15, 0.2) is 48.5 Å². The number of rotatable bonds is 3. The molecule has 38 heavy (non-hydrogen) atoms. The van der Waals surface area contributed by atoms with Crippen molar-refractivity contribution in [1.82, 2.24) is 0 Å². The van der Waals surface area contributed by atoms with E-state index in [0.717, 1.165) is 17.2 Å². The number of anilines is 1. The van der Waals surface area contributed by atoms with Gasteiger partial charge < -0.3 is 19.8 Å². The summed E-state index contributed by atoms with van der Waals surface area (Å²) in [6, 6.07) is 11.8. The highest BCUT2D eigenvalue weighted by Gasteiger charge is 2.24. The van der Waals surface area contributed by atoms with Gasteiger partial charge in [-0.2, -0.15) is 13.2 Å². The maximum atomic E-state index is 13.7. The summed E-state index contributed by atoms with van der Waals surface area (Å²) in [5.41, 5.74) is 2.43. The molecule has 0 bridgehead atoms. The molecule has 3 aromatic rings. The Kier molecular flexibility index (Phi) is 10.5. The van der Waals surface area contributed by atoms with Gasteiger partial charge in [0.2, 0.25) is 0 Å². The van der Waals surface area contributed by atoms with Crippen molar-refractivity contribution in [2.24, 2.45) is 0 Å². The van der Waals surface area contributed by atoms with Crippen LogP contribution in [0.1, 0.15) is 35.7 Å². The summed E-state index contributed by atoms with van der Waals surface area (Å²) in [6.07, 6.45) is 0. The Morgan fingerprint density at radius 2 is 1.58 bits per heavy atom. The number of hydrogen-bond donors (Lipinski definition) is 2. The Labute approximate surface area is 219 Å². The highest BCUT2D eigenvalue weighted by atomic mass is 35.5. The Morgan fingerprint density at radius 1 is 1.00 bits per heavy atom. The highest BCUT2D eigenvalue weighted by Crippen LogP contribution is 2.36.